The molecule has 0 spiro atoms. The highest BCUT2D eigenvalue weighted by Crippen LogP contribution is 2.36. The first-order valence-corrected chi connectivity index (χ1v) is 12.0. The van der Waals surface area contributed by atoms with Crippen molar-refractivity contribution in [3.05, 3.63) is 70.5 Å². The normalized spacial score (nSPS) is 19.7. The molecule has 1 aliphatic carbocycles. The minimum Gasteiger partial charge on any atom is -0.206 e. The van der Waals surface area contributed by atoms with Gasteiger partial charge in [0.15, 0.2) is 0 Å². The van der Waals surface area contributed by atoms with Crippen molar-refractivity contribution >= 4 is 0 Å². The van der Waals surface area contributed by atoms with E-state index in [1.807, 2.05) is 18.2 Å². The van der Waals surface area contributed by atoms with E-state index in [2.05, 4.69) is 50.8 Å². The summed E-state index contributed by atoms with van der Waals surface area (Å²) in [6, 6.07) is 13.8. The zero-order valence-electron chi connectivity index (χ0n) is 19.0. The molecule has 0 amide bonds. The van der Waals surface area contributed by atoms with Crippen LogP contribution in [-0.2, 0) is 12.8 Å². The lowest BCUT2D eigenvalue weighted by molar-refractivity contribution is 0.204. The van der Waals surface area contributed by atoms with Crippen LogP contribution >= 0.6 is 0 Å². The summed E-state index contributed by atoms with van der Waals surface area (Å²) in [5.74, 6) is 8.26. The van der Waals surface area contributed by atoms with E-state index in [-0.39, 0.29) is 5.82 Å². The number of hydrogen-bond donors (Lipinski definition) is 0. The summed E-state index contributed by atoms with van der Waals surface area (Å²) in [6.45, 7) is 6.77. The second-order valence-corrected chi connectivity index (χ2v) is 9.22. The Kier molecular flexibility index (Phi) is 8.56. The predicted octanol–water partition coefficient (Wildman–Crippen LogP) is 7.96. The van der Waals surface area contributed by atoms with Crippen LogP contribution in [0.4, 0.5) is 4.39 Å². The standard InChI is InChI=1S/C29H37F/c1-4-6-7-24-12-16-27(17-13-24)22(3)20-26-15-19-28(29(30)21-26)18-14-25-10-8-23(5-2)9-11-25/h8-11,15,19,21-22,24,27H,4-7,12-13,16-17,20H2,1-3H3. The number of benzene rings is 2. The van der Waals surface area contributed by atoms with Crippen molar-refractivity contribution in [1.29, 1.82) is 0 Å². The SMILES string of the molecule is CCCCC1CCC(C(C)Cc2ccc(C#Cc3ccc(CC)cc3)c(F)c2)CC1. The fourth-order valence-corrected chi connectivity index (χ4v) is 4.83. The van der Waals surface area contributed by atoms with E-state index in [0.717, 1.165) is 35.8 Å². The van der Waals surface area contributed by atoms with Gasteiger partial charge >= 0.3 is 0 Å². The number of halogens is 1. The van der Waals surface area contributed by atoms with E-state index in [1.54, 1.807) is 6.07 Å². The lowest BCUT2D eigenvalue weighted by atomic mass is 9.73. The molecule has 0 aromatic heterocycles. The van der Waals surface area contributed by atoms with Gasteiger partial charge in [0.25, 0.3) is 0 Å². The molecule has 2 aromatic carbocycles. The molecule has 1 aliphatic rings. The van der Waals surface area contributed by atoms with Gasteiger partial charge in [0.1, 0.15) is 5.82 Å². The lowest BCUT2D eigenvalue weighted by Gasteiger charge is -2.32. The van der Waals surface area contributed by atoms with E-state index in [1.165, 1.54) is 50.5 Å². The van der Waals surface area contributed by atoms with Crippen molar-refractivity contribution in [2.24, 2.45) is 17.8 Å². The van der Waals surface area contributed by atoms with E-state index >= 15 is 0 Å². The Hall–Kier alpha value is -2.07. The topological polar surface area (TPSA) is 0 Å². The van der Waals surface area contributed by atoms with Crippen molar-refractivity contribution in [3.8, 4) is 11.8 Å². The molecule has 1 atom stereocenters. The third kappa shape index (κ3) is 6.46. The number of rotatable bonds is 7. The molecule has 1 heteroatoms. The van der Waals surface area contributed by atoms with Crippen molar-refractivity contribution in [1.82, 2.24) is 0 Å². The largest absolute Gasteiger partial charge is 0.206 e. The van der Waals surface area contributed by atoms with E-state index < -0.39 is 0 Å². The molecule has 2 aromatic rings. The van der Waals surface area contributed by atoms with Crippen LogP contribution in [0.3, 0.4) is 0 Å². The van der Waals surface area contributed by atoms with Gasteiger partial charge in [-0.25, -0.2) is 4.39 Å². The summed E-state index contributed by atoms with van der Waals surface area (Å²) in [5.41, 5.74) is 3.81. The first kappa shape index (κ1) is 22.6. The number of hydrogen-bond acceptors (Lipinski definition) is 0. The van der Waals surface area contributed by atoms with Crippen molar-refractivity contribution in [2.45, 2.75) is 78.6 Å². The van der Waals surface area contributed by atoms with Crippen LogP contribution in [0.25, 0.3) is 0 Å². The molecule has 0 N–H and O–H groups in total. The summed E-state index contributed by atoms with van der Waals surface area (Å²) >= 11 is 0. The molecule has 0 radical (unpaired) electrons. The predicted molar refractivity (Wildman–Crippen MR) is 126 cm³/mol. The number of aryl methyl sites for hydroxylation is 1. The summed E-state index contributed by atoms with van der Waals surface area (Å²) in [5, 5.41) is 0. The van der Waals surface area contributed by atoms with Crippen molar-refractivity contribution in [2.75, 3.05) is 0 Å². The second kappa shape index (κ2) is 11.4. The van der Waals surface area contributed by atoms with Crippen LogP contribution in [0, 0.1) is 35.4 Å². The Morgan fingerprint density at radius 2 is 1.63 bits per heavy atom. The molecule has 1 fully saturated rings. The first-order chi connectivity index (χ1) is 14.6. The van der Waals surface area contributed by atoms with Gasteiger partial charge in [-0.15, -0.1) is 0 Å². The smallest absolute Gasteiger partial charge is 0.139 e. The zero-order valence-corrected chi connectivity index (χ0v) is 19.0. The fraction of sp³-hybridized carbons (Fsp3) is 0.517. The Balaban J connectivity index is 1.56. The van der Waals surface area contributed by atoms with E-state index in [9.17, 15) is 4.39 Å². The van der Waals surface area contributed by atoms with Crippen LogP contribution in [0.15, 0.2) is 42.5 Å². The molecule has 0 bridgehead atoms. The molecule has 1 unspecified atom stereocenters. The fourth-order valence-electron chi connectivity index (χ4n) is 4.83. The van der Waals surface area contributed by atoms with Crippen molar-refractivity contribution < 1.29 is 4.39 Å². The Morgan fingerprint density at radius 3 is 2.27 bits per heavy atom. The molecule has 160 valence electrons. The Morgan fingerprint density at radius 1 is 0.933 bits per heavy atom. The van der Waals surface area contributed by atoms with Crippen molar-refractivity contribution in [3.63, 3.8) is 0 Å². The van der Waals surface area contributed by atoms with Gasteiger partial charge < -0.3 is 0 Å². The molecular weight excluding hydrogens is 367 g/mol. The maximum atomic E-state index is 14.6. The van der Waals surface area contributed by atoms with Crippen LogP contribution in [-0.4, -0.2) is 0 Å². The van der Waals surface area contributed by atoms with Crippen LogP contribution in [0.1, 0.15) is 88.0 Å². The molecular formula is C29H37F. The minimum absolute atomic E-state index is 0.194. The maximum absolute atomic E-state index is 14.6. The Labute approximate surface area is 183 Å². The average Bonchev–Trinajstić information content (AvgIpc) is 2.78. The highest BCUT2D eigenvalue weighted by atomic mass is 19.1. The van der Waals surface area contributed by atoms with Gasteiger partial charge in [-0.1, -0.05) is 82.9 Å². The zero-order chi connectivity index (χ0) is 21.3. The van der Waals surface area contributed by atoms with Gasteiger partial charge in [0, 0.05) is 5.56 Å². The monoisotopic (exact) mass is 404 g/mol. The van der Waals surface area contributed by atoms with Crippen LogP contribution < -0.4 is 0 Å². The Bertz CT molecular complexity index is 844. The van der Waals surface area contributed by atoms with Gasteiger partial charge in [-0.3, -0.25) is 0 Å². The summed E-state index contributed by atoms with van der Waals surface area (Å²) in [7, 11) is 0. The highest BCUT2D eigenvalue weighted by Gasteiger charge is 2.25. The average molecular weight is 405 g/mol. The van der Waals surface area contributed by atoms with E-state index in [4.69, 9.17) is 0 Å². The summed E-state index contributed by atoms with van der Waals surface area (Å²) < 4.78 is 14.6. The second-order valence-electron chi connectivity index (χ2n) is 9.22. The van der Waals surface area contributed by atoms with E-state index in [0.29, 0.717) is 11.5 Å². The molecule has 1 saturated carbocycles. The molecule has 0 aliphatic heterocycles. The number of unbranched alkanes of at least 4 members (excludes halogenated alkanes) is 1. The third-order valence-electron chi connectivity index (χ3n) is 6.96. The van der Waals surface area contributed by atoms with Crippen LogP contribution in [0.5, 0.6) is 0 Å². The molecule has 0 saturated heterocycles. The lowest BCUT2D eigenvalue weighted by Crippen LogP contribution is -2.21. The third-order valence-corrected chi connectivity index (χ3v) is 6.96. The molecule has 3 rings (SSSR count). The van der Waals surface area contributed by atoms with Gasteiger partial charge in [0.05, 0.1) is 5.56 Å². The molecule has 0 heterocycles. The van der Waals surface area contributed by atoms with Gasteiger partial charge in [-0.2, -0.15) is 0 Å². The quantitative estimate of drug-likeness (QED) is 0.411. The first-order valence-electron chi connectivity index (χ1n) is 12.0. The minimum atomic E-state index is -0.194. The molecule has 30 heavy (non-hydrogen) atoms. The van der Waals surface area contributed by atoms with Gasteiger partial charge in [-0.05, 0) is 78.8 Å². The maximum Gasteiger partial charge on any atom is 0.139 e. The summed E-state index contributed by atoms with van der Waals surface area (Å²) in [4.78, 5) is 0. The summed E-state index contributed by atoms with van der Waals surface area (Å²) in [6.07, 6.45) is 11.5. The van der Waals surface area contributed by atoms with Crippen LogP contribution in [0.2, 0.25) is 0 Å². The van der Waals surface area contributed by atoms with Gasteiger partial charge in [0.2, 0.25) is 0 Å². The molecule has 0 nitrogen and oxygen atoms in total. The highest BCUT2D eigenvalue weighted by molar-refractivity contribution is 5.44.